The number of aryl methyl sites for hydroxylation is 1. The molecule has 9 nitrogen and oxygen atoms in total. The number of carboxylic acid groups (broad SMARTS) is 1. The molecular formula is C22H25N5O4S. The molecule has 1 saturated heterocycles. The van der Waals surface area contributed by atoms with Crippen molar-refractivity contribution in [1.82, 2.24) is 19.9 Å². The van der Waals surface area contributed by atoms with Crippen LogP contribution in [0.1, 0.15) is 36.2 Å². The molecule has 10 heteroatoms. The van der Waals surface area contributed by atoms with Crippen molar-refractivity contribution in [3.8, 4) is 5.13 Å². The van der Waals surface area contributed by atoms with E-state index in [2.05, 4.69) is 29.1 Å². The second-order valence-electron chi connectivity index (χ2n) is 8.43. The first kappa shape index (κ1) is 21.9. The Bertz CT molecular complexity index is 1230. The highest BCUT2D eigenvalue weighted by Crippen LogP contribution is 2.28. The molecule has 0 aliphatic carbocycles. The Morgan fingerprint density at radius 1 is 1.34 bits per heavy atom. The van der Waals surface area contributed by atoms with E-state index in [0.717, 1.165) is 6.42 Å². The first-order chi connectivity index (χ1) is 15.3. The minimum atomic E-state index is -1.29. The third-order valence-corrected chi connectivity index (χ3v) is 6.37. The maximum atomic E-state index is 12.8. The second-order valence-corrected chi connectivity index (χ2v) is 9.31. The Morgan fingerprint density at radius 2 is 2.09 bits per heavy atom. The van der Waals surface area contributed by atoms with E-state index in [1.165, 1.54) is 17.5 Å². The summed E-state index contributed by atoms with van der Waals surface area (Å²) in [5.74, 6) is -0.162. The first-order valence-electron chi connectivity index (χ1n) is 10.5. The van der Waals surface area contributed by atoms with Crippen LogP contribution in [0.2, 0.25) is 0 Å². The lowest BCUT2D eigenvalue weighted by Crippen LogP contribution is -2.54. The van der Waals surface area contributed by atoms with E-state index >= 15 is 0 Å². The second kappa shape index (κ2) is 8.70. The number of carbonyl (C=O) groups is 2. The number of anilines is 1. The summed E-state index contributed by atoms with van der Waals surface area (Å²) in [6, 6.07) is 1.77. The number of pyridine rings is 2. The van der Waals surface area contributed by atoms with Crippen LogP contribution in [0.5, 0.6) is 0 Å². The van der Waals surface area contributed by atoms with E-state index in [0.29, 0.717) is 47.7 Å². The predicted octanol–water partition coefficient (Wildman–Crippen LogP) is 2.45. The third-order valence-electron chi connectivity index (χ3n) is 5.60. The topological polar surface area (TPSA) is 117 Å². The van der Waals surface area contributed by atoms with E-state index in [9.17, 15) is 19.5 Å². The molecule has 0 aromatic carbocycles. The number of nitrogens with zero attached hydrogens (tertiary/aromatic N) is 4. The number of hydrogen-bond acceptors (Lipinski definition) is 7. The van der Waals surface area contributed by atoms with Gasteiger partial charge in [0.15, 0.2) is 10.8 Å². The molecule has 2 N–H and O–H groups in total. The largest absolute Gasteiger partial charge is 0.477 e. The molecule has 0 saturated carbocycles. The molecule has 3 aromatic heterocycles. The summed E-state index contributed by atoms with van der Waals surface area (Å²) in [6.45, 7) is 7.76. The number of aromatic carboxylic acids is 1. The van der Waals surface area contributed by atoms with E-state index in [1.54, 1.807) is 29.1 Å². The molecule has 0 radical (unpaired) electrons. The highest BCUT2D eigenvalue weighted by molar-refractivity contribution is 7.12. The fraction of sp³-hybridized carbons (Fsp3) is 0.409. The van der Waals surface area contributed by atoms with Gasteiger partial charge in [0, 0.05) is 37.4 Å². The van der Waals surface area contributed by atoms with Crippen LogP contribution in [-0.4, -0.2) is 51.2 Å². The van der Waals surface area contributed by atoms with Crippen molar-refractivity contribution in [1.29, 1.82) is 0 Å². The summed E-state index contributed by atoms with van der Waals surface area (Å²) < 4.78 is 1.55. The average molecular weight is 456 g/mol. The summed E-state index contributed by atoms with van der Waals surface area (Å²) in [4.78, 5) is 47.8. The van der Waals surface area contributed by atoms with Crippen LogP contribution in [0.3, 0.4) is 0 Å². The summed E-state index contributed by atoms with van der Waals surface area (Å²) in [6.07, 6.45) is 3.84. The Kier molecular flexibility index (Phi) is 5.96. The number of hydrogen-bond donors (Lipinski definition) is 2. The summed E-state index contributed by atoms with van der Waals surface area (Å²) in [7, 11) is 0. The van der Waals surface area contributed by atoms with Gasteiger partial charge in [-0.3, -0.25) is 14.2 Å². The lowest BCUT2D eigenvalue weighted by Gasteiger charge is -2.39. The van der Waals surface area contributed by atoms with Gasteiger partial charge in [0.25, 0.3) is 0 Å². The van der Waals surface area contributed by atoms with Gasteiger partial charge in [-0.15, -0.1) is 11.3 Å². The van der Waals surface area contributed by atoms with E-state index < -0.39 is 11.4 Å². The molecule has 32 heavy (non-hydrogen) atoms. The quantitative estimate of drug-likeness (QED) is 0.562. The molecule has 4 rings (SSSR count). The standard InChI is InChI=1S/C22H25N5O4S/c1-12(2)4-5-23-20(29)14-9-26(10-14)16-8-13(3)17-18(28)15(21(30)31)11-27(19(17)25-16)22-24-6-7-32-22/h6-8,11-12,14H,4-5,9-10H2,1-3H3,(H,23,29)(H,30,31). The number of thiazole rings is 1. The van der Waals surface area contributed by atoms with Gasteiger partial charge >= 0.3 is 5.97 Å². The van der Waals surface area contributed by atoms with Crippen LogP contribution < -0.4 is 15.6 Å². The molecule has 1 fully saturated rings. The molecule has 0 unspecified atom stereocenters. The van der Waals surface area contributed by atoms with E-state index in [-0.39, 0.29) is 22.8 Å². The lowest BCUT2D eigenvalue weighted by molar-refractivity contribution is -0.125. The number of carbonyl (C=O) groups excluding carboxylic acids is 1. The van der Waals surface area contributed by atoms with Crippen LogP contribution in [0.15, 0.2) is 28.6 Å². The fourth-order valence-corrected chi connectivity index (χ4v) is 4.35. The molecule has 1 aliphatic rings. The zero-order chi connectivity index (χ0) is 23.0. The van der Waals surface area contributed by atoms with Crippen molar-refractivity contribution >= 4 is 40.1 Å². The van der Waals surface area contributed by atoms with Crippen molar-refractivity contribution < 1.29 is 14.7 Å². The van der Waals surface area contributed by atoms with Gasteiger partial charge in [-0.05, 0) is 30.9 Å². The minimum Gasteiger partial charge on any atom is -0.477 e. The Labute approximate surface area is 188 Å². The van der Waals surface area contributed by atoms with Crippen LogP contribution >= 0.6 is 11.3 Å². The number of aromatic nitrogens is 3. The number of carboxylic acids is 1. The maximum absolute atomic E-state index is 12.8. The van der Waals surface area contributed by atoms with Gasteiger partial charge < -0.3 is 15.3 Å². The van der Waals surface area contributed by atoms with Crippen molar-refractivity contribution in [2.75, 3.05) is 24.5 Å². The highest BCUT2D eigenvalue weighted by Gasteiger charge is 2.34. The van der Waals surface area contributed by atoms with Gasteiger partial charge in [0.2, 0.25) is 11.3 Å². The molecule has 0 atom stereocenters. The van der Waals surface area contributed by atoms with Crippen molar-refractivity contribution in [2.24, 2.45) is 11.8 Å². The van der Waals surface area contributed by atoms with Gasteiger partial charge in [-0.2, -0.15) is 0 Å². The zero-order valence-corrected chi connectivity index (χ0v) is 19.0. The van der Waals surface area contributed by atoms with Crippen molar-refractivity contribution in [2.45, 2.75) is 27.2 Å². The van der Waals surface area contributed by atoms with E-state index in [4.69, 9.17) is 0 Å². The number of fused-ring (bicyclic) bond motifs is 1. The Hall–Kier alpha value is -3.27. The maximum Gasteiger partial charge on any atom is 0.341 e. The minimum absolute atomic E-state index is 0.0465. The summed E-state index contributed by atoms with van der Waals surface area (Å²) in [5, 5.41) is 15.0. The molecule has 168 valence electrons. The van der Waals surface area contributed by atoms with Crippen LogP contribution in [0.4, 0.5) is 5.82 Å². The molecule has 4 heterocycles. The molecule has 1 aliphatic heterocycles. The SMILES string of the molecule is Cc1cc(N2CC(C(=O)NCCC(C)C)C2)nc2c1c(=O)c(C(=O)O)cn2-c1nccs1. The predicted molar refractivity (Wildman–Crippen MR) is 123 cm³/mol. The molecule has 3 aromatic rings. The van der Waals surface area contributed by atoms with Crippen LogP contribution in [-0.2, 0) is 4.79 Å². The summed E-state index contributed by atoms with van der Waals surface area (Å²) >= 11 is 1.32. The van der Waals surface area contributed by atoms with Crippen LogP contribution in [0.25, 0.3) is 16.2 Å². The normalized spacial score (nSPS) is 14.1. The Morgan fingerprint density at radius 3 is 2.72 bits per heavy atom. The van der Waals surface area contributed by atoms with E-state index in [1.807, 2.05) is 4.90 Å². The molecule has 1 amide bonds. The first-order valence-corrected chi connectivity index (χ1v) is 11.4. The monoisotopic (exact) mass is 455 g/mol. The molecular weight excluding hydrogens is 430 g/mol. The van der Waals surface area contributed by atoms with Gasteiger partial charge in [-0.25, -0.2) is 14.8 Å². The smallest absolute Gasteiger partial charge is 0.341 e. The molecule has 0 bridgehead atoms. The van der Waals surface area contributed by atoms with Gasteiger partial charge in [-0.1, -0.05) is 13.8 Å². The fourth-order valence-electron chi connectivity index (χ4n) is 3.73. The summed E-state index contributed by atoms with van der Waals surface area (Å²) in [5.41, 5.74) is 0.0957. The Balaban J connectivity index is 1.65. The van der Waals surface area contributed by atoms with Crippen molar-refractivity contribution in [3.63, 3.8) is 0 Å². The lowest BCUT2D eigenvalue weighted by atomic mass is 9.98. The van der Waals surface area contributed by atoms with Gasteiger partial charge in [0.1, 0.15) is 11.4 Å². The van der Waals surface area contributed by atoms with Crippen molar-refractivity contribution in [3.05, 3.63) is 45.2 Å². The van der Waals surface area contributed by atoms with Gasteiger partial charge in [0.05, 0.1) is 11.3 Å². The number of rotatable bonds is 7. The highest BCUT2D eigenvalue weighted by atomic mass is 32.1. The number of amides is 1. The van der Waals surface area contributed by atoms with Crippen LogP contribution in [0, 0.1) is 18.8 Å². The number of nitrogens with one attached hydrogen (secondary N) is 1. The average Bonchev–Trinajstić information content (AvgIpc) is 3.20. The molecule has 0 spiro atoms. The third kappa shape index (κ3) is 4.10. The zero-order valence-electron chi connectivity index (χ0n) is 18.2.